The number of benzene rings is 1. The van der Waals surface area contributed by atoms with Crippen LogP contribution in [-0.4, -0.2) is 24.1 Å². The van der Waals surface area contributed by atoms with E-state index >= 15 is 0 Å². The Hall–Kier alpha value is -2.24. The van der Waals surface area contributed by atoms with Crippen LogP contribution < -0.4 is 21.3 Å². The Balaban J connectivity index is 2.40. The van der Waals surface area contributed by atoms with E-state index in [1.807, 2.05) is 38.1 Å². The summed E-state index contributed by atoms with van der Waals surface area (Å²) in [5, 5.41) is 11.6. The summed E-state index contributed by atoms with van der Waals surface area (Å²) in [6.07, 6.45) is 4.02. The van der Waals surface area contributed by atoms with Gasteiger partial charge in [-0.05, 0) is 37.8 Å². The van der Waals surface area contributed by atoms with Crippen molar-refractivity contribution >= 4 is 12.1 Å². The lowest BCUT2D eigenvalue weighted by molar-refractivity contribution is 0.236. The molecule has 1 aromatic carbocycles. The van der Waals surface area contributed by atoms with E-state index in [4.69, 9.17) is 0 Å². The largest absolute Gasteiger partial charge is 0.336 e. The highest BCUT2D eigenvalue weighted by atomic mass is 16.2. The van der Waals surface area contributed by atoms with Crippen molar-refractivity contribution in [1.29, 1.82) is 0 Å². The van der Waals surface area contributed by atoms with E-state index in [1.54, 1.807) is 0 Å². The van der Waals surface area contributed by atoms with Crippen molar-refractivity contribution in [2.24, 2.45) is 0 Å². The van der Waals surface area contributed by atoms with Gasteiger partial charge in [-0.3, -0.25) is 0 Å². The van der Waals surface area contributed by atoms with Crippen LogP contribution in [0.5, 0.6) is 0 Å². The summed E-state index contributed by atoms with van der Waals surface area (Å²) in [7, 11) is 0. The van der Waals surface area contributed by atoms with E-state index in [9.17, 15) is 9.59 Å². The molecular formula is C20H34N4O2. The van der Waals surface area contributed by atoms with Gasteiger partial charge in [0.15, 0.2) is 0 Å². The lowest BCUT2D eigenvalue weighted by Gasteiger charge is -2.15. The van der Waals surface area contributed by atoms with E-state index in [0.29, 0.717) is 13.1 Å². The van der Waals surface area contributed by atoms with E-state index in [-0.39, 0.29) is 24.1 Å². The van der Waals surface area contributed by atoms with E-state index in [1.165, 1.54) is 0 Å². The Morgan fingerprint density at radius 1 is 0.846 bits per heavy atom. The van der Waals surface area contributed by atoms with Gasteiger partial charge in [-0.15, -0.1) is 0 Å². The first-order valence-electron chi connectivity index (χ1n) is 9.61. The quantitative estimate of drug-likeness (QED) is 0.512. The molecule has 0 saturated carbocycles. The summed E-state index contributed by atoms with van der Waals surface area (Å²) in [6.45, 7) is 9.11. The van der Waals surface area contributed by atoms with Crippen LogP contribution in [0, 0.1) is 0 Å². The van der Waals surface area contributed by atoms with Gasteiger partial charge < -0.3 is 21.3 Å². The first kappa shape index (κ1) is 21.8. The highest BCUT2D eigenvalue weighted by Crippen LogP contribution is 2.05. The van der Waals surface area contributed by atoms with Gasteiger partial charge >= 0.3 is 12.1 Å². The molecule has 26 heavy (non-hydrogen) atoms. The molecule has 4 N–H and O–H groups in total. The number of hydrogen-bond acceptors (Lipinski definition) is 2. The Bertz CT molecular complexity index is 517. The van der Waals surface area contributed by atoms with Gasteiger partial charge in [0.1, 0.15) is 0 Å². The van der Waals surface area contributed by atoms with Crippen molar-refractivity contribution < 1.29 is 9.59 Å². The molecule has 0 aliphatic heterocycles. The average molecular weight is 363 g/mol. The molecule has 0 bridgehead atoms. The van der Waals surface area contributed by atoms with E-state index in [0.717, 1.165) is 36.8 Å². The van der Waals surface area contributed by atoms with Gasteiger partial charge in [-0.25, -0.2) is 9.59 Å². The lowest BCUT2D eigenvalue weighted by atomic mass is 10.1. The second-order valence-corrected chi connectivity index (χ2v) is 6.85. The van der Waals surface area contributed by atoms with Gasteiger partial charge in [-0.1, -0.05) is 51.0 Å². The molecule has 0 aliphatic rings. The standard InChI is InChI=1S/C20H34N4O2/c1-5-8-15(3)23-19(25)21-13-17-10-7-11-18(12-17)14-22-20(26)24-16(4)9-6-2/h7,10-12,15-16H,5-6,8-9,13-14H2,1-4H3,(H2,21,23,25)(H2,22,24,26)/t15-,16-/m1/s1. The van der Waals surface area contributed by atoms with Crippen molar-refractivity contribution in [3.8, 4) is 0 Å². The Morgan fingerprint density at radius 2 is 1.27 bits per heavy atom. The van der Waals surface area contributed by atoms with Crippen LogP contribution in [0.25, 0.3) is 0 Å². The van der Waals surface area contributed by atoms with Crippen LogP contribution in [0.1, 0.15) is 64.5 Å². The summed E-state index contributed by atoms with van der Waals surface area (Å²) in [6, 6.07) is 7.88. The molecule has 0 spiro atoms. The number of urea groups is 2. The summed E-state index contributed by atoms with van der Waals surface area (Å²) >= 11 is 0. The normalized spacial score (nSPS) is 12.8. The molecule has 6 heteroatoms. The first-order valence-corrected chi connectivity index (χ1v) is 9.61. The molecule has 1 aromatic rings. The molecule has 1 rings (SSSR count). The molecule has 0 fully saturated rings. The molecule has 0 aliphatic carbocycles. The molecule has 4 amide bonds. The highest BCUT2D eigenvalue weighted by Gasteiger charge is 2.07. The molecule has 0 aromatic heterocycles. The Labute approximate surface area is 157 Å². The van der Waals surface area contributed by atoms with Gasteiger partial charge in [-0.2, -0.15) is 0 Å². The zero-order valence-corrected chi connectivity index (χ0v) is 16.5. The van der Waals surface area contributed by atoms with Crippen LogP contribution in [0.2, 0.25) is 0 Å². The van der Waals surface area contributed by atoms with Gasteiger partial charge in [0.25, 0.3) is 0 Å². The molecule has 0 unspecified atom stereocenters. The van der Waals surface area contributed by atoms with Crippen molar-refractivity contribution in [1.82, 2.24) is 21.3 Å². The van der Waals surface area contributed by atoms with Crippen LogP contribution in [0.4, 0.5) is 9.59 Å². The maximum atomic E-state index is 11.9. The SMILES string of the molecule is CCC[C@@H](C)NC(=O)NCc1cccc(CNC(=O)N[C@H](C)CCC)c1. The minimum Gasteiger partial charge on any atom is -0.336 e. The summed E-state index contributed by atoms with van der Waals surface area (Å²) in [5.74, 6) is 0. The second kappa shape index (κ2) is 12.2. The molecule has 0 saturated heterocycles. The third-order valence-electron chi connectivity index (χ3n) is 4.10. The predicted octanol–water partition coefficient (Wildman–Crippen LogP) is 3.66. The van der Waals surface area contributed by atoms with Gasteiger partial charge in [0.2, 0.25) is 0 Å². The lowest BCUT2D eigenvalue weighted by Crippen LogP contribution is -2.40. The third-order valence-corrected chi connectivity index (χ3v) is 4.10. The van der Waals surface area contributed by atoms with Crippen LogP contribution >= 0.6 is 0 Å². The summed E-state index contributed by atoms with van der Waals surface area (Å²) in [5.41, 5.74) is 2.00. The van der Waals surface area contributed by atoms with Crippen molar-refractivity contribution in [2.45, 2.75) is 78.6 Å². The number of carbonyl (C=O) groups is 2. The fraction of sp³-hybridized carbons (Fsp3) is 0.600. The maximum absolute atomic E-state index is 11.9. The minimum absolute atomic E-state index is 0.154. The van der Waals surface area contributed by atoms with Crippen molar-refractivity contribution in [2.75, 3.05) is 0 Å². The number of amides is 4. The number of hydrogen-bond donors (Lipinski definition) is 4. The fourth-order valence-corrected chi connectivity index (χ4v) is 2.77. The third kappa shape index (κ3) is 9.30. The number of carbonyl (C=O) groups excluding carboxylic acids is 2. The minimum atomic E-state index is -0.154. The van der Waals surface area contributed by atoms with Crippen LogP contribution in [0.3, 0.4) is 0 Å². The van der Waals surface area contributed by atoms with Crippen LogP contribution in [-0.2, 0) is 13.1 Å². The molecule has 0 heterocycles. The number of nitrogens with one attached hydrogen (secondary N) is 4. The summed E-state index contributed by atoms with van der Waals surface area (Å²) < 4.78 is 0. The Kier molecular flexibility index (Phi) is 10.2. The van der Waals surface area contributed by atoms with Crippen molar-refractivity contribution in [3.05, 3.63) is 35.4 Å². The predicted molar refractivity (Wildman–Crippen MR) is 106 cm³/mol. The zero-order valence-electron chi connectivity index (χ0n) is 16.5. The van der Waals surface area contributed by atoms with E-state index < -0.39 is 0 Å². The van der Waals surface area contributed by atoms with E-state index in [2.05, 4.69) is 35.1 Å². The maximum Gasteiger partial charge on any atom is 0.315 e. The fourth-order valence-electron chi connectivity index (χ4n) is 2.77. The molecule has 2 atom stereocenters. The number of rotatable bonds is 10. The molecule has 0 radical (unpaired) electrons. The molecule has 6 nitrogen and oxygen atoms in total. The Morgan fingerprint density at radius 3 is 1.65 bits per heavy atom. The molecule has 146 valence electrons. The molecular weight excluding hydrogens is 328 g/mol. The zero-order chi connectivity index (χ0) is 19.4. The first-order chi connectivity index (χ1) is 12.4. The van der Waals surface area contributed by atoms with Gasteiger partial charge in [0, 0.05) is 25.2 Å². The smallest absolute Gasteiger partial charge is 0.315 e. The average Bonchev–Trinajstić information content (AvgIpc) is 2.59. The highest BCUT2D eigenvalue weighted by molar-refractivity contribution is 5.74. The topological polar surface area (TPSA) is 82.3 Å². The van der Waals surface area contributed by atoms with Crippen molar-refractivity contribution in [3.63, 3.8) is 0 Å². The van der Waals surface area contributed by atoms with Gasteiger partial charge in [0.05, 0.1) is 0 Å². The summed E-state index contributed by atoms with van der Waals surface area (Å²) in [4.78, 5) is 23.7. The second-order valence-electron chi connectivity index (χ2n) is 6.85. The van der Waals surface area contributed by atoms with Crippen LogP contribution in [0.15, 0.2) is 24.3 Å². The monoisotopic (exact) mass is 362 g/mol.